The second-order valence-electron chi connectivity index (χ2n) is 5.04. The van der Waals surface area contributed by atoms with Crippen LogP contribution < -0.4 is 0 Å². The number of hydrogen-bond donors (Lipinski definition) is 0. The third-order valence-corrected chi connectivity index (χ3v) is 4.74. The smallest absolute Gasteiger partial charge is 0.324 e. The van der Waals surface area contributed by atoms with Gasteiger partial charge in [-0.1, -0.05) is 0 Å². The second kappa shape index (κ2) is 7.13. The maximum absolute atomic E-state index is 11.8. The molecule has 2 saturated heterocycles. The van der Waals surface area contributed by atoms with Crippen LogP contribution in [0.4, 0.5) is 0 Å². The van der Waals surface area contributed by atoms with Crippen molar-refractivity contribution >= 4 is 29.6 Å². The van der Waals surface area contributed by atoms with Crippen molar-refractivity contribution in [3.8, 4) is 0 Å². The lowest BCUT2D eigenvalue weighted by Crippen LogP contribution is -2.36. The maximum atomic E-state index is 11.8. The summed E-state index contributed by atoms with van der Waals surface area (Å²) < 4.78 is 9.47. The molecule has 2 aliphatic heterocycles. The first-order valence-electron chi connectivity index (χ1n) is 6.85. The number of carbonyl (C=O) groups excluding carboxylic acids is 3. The Morgan fingerprint density at radius 2 is 2.14 bits per heavy atom. The Bertz CT molecular complexity index is 431. The molecule has 0 aliphatic carbocycles. The molecule has 2 heterocycles. The largest absolute Gasteiger partial charge is 0.468 e. The van der Waals surface area contributed by atoms with Gasteiger partial charge in [-0.25, -0.2) is 0 Å². The van der Waals surface area contributed by atoms with Gasteiger partial charge in [0.2, 0.25) is 5.91 Å². The fourth-order valence-corrected chi connectivity index (χ4v) is 3.54. The van der Waals surface area contributed by atoms with Gasteiger partial charge >= 0.3 is 11.9 Å². The average Bonchev–Trinajstić information content (AvgIpc) is 3.18. The average molecular weight is 316 g/mol. The first-order valence-corrected chi connectivity index (χ1v) is 8.01. The van der Waals surface area contributed by atoms with Crippen molar-refractivity contribution in [1.82, 2.24) is 9.80 Å². The molecule has 2 fully saturated rings. The van der Waals surface area contributed by atoms with Crippen molar-refractivity contribution in [1.29, 1.82) is 0 Å². The van der Waals surface area contributed by atoms with E-state index in [9.17, 15) is 14.4 Å². The molecule has 2 rings (SSSR count). The van der Waals surface area contributed by atoms with E-state index < -0.39 is 6.04 Å². The molecule has 118 valence electrons. The fourth-order valence-electron chi connectivity index (χ4n) is 2.39. The van der Waals surface area contributed by atoms with E-state index >= 15 is 0 Å². The third kappa shape index (κ3) is 3.88. The number of esters is 2. The molecule has 7 nitrogen and oxygen atoms in total. The summed E-state index contributed by atoms with van der Waals surface area (Å²) in [7, 11) is 2.67. The second-order valence-corrected chi connectivity index (χ2v) is 6.04. The predicted molar refractivity (Wildman–Crippen MR) is 76.6 cm³/mol. The lowest BCUT2D eigenvalue weighted by atomic mass is 10.3. The van der Waals surface area contributed by atoms with E-state index in [0.29, 0.717) is 24.6 Å². The molecule has 0 bridgehead atoms. The van der Waals surface area contributed by atoms with E-state index in [1.54, 1.807) is 9.80 Å². The number of amides is 1. The summed E-state index contributed by atoms with van der Waals surface area (Å²) in [6.07, 6.45) is 1.51. The van der Waals surface area contributed by atoms with Crippen molar-refractivity contribution in [2.75, 3.05) is 38.9 Å². The molecule has 3 atom stereocenters. The van der Waals surface area contributed by atoms with Crippen LogP contribution in [0.3, 0.4) is 0 Å². The van der Waals surface area contributed by atoms with Gasteiger partial charge in [-0.15, -0.1) is 11.8 Å². The van der Waals surface area contributed by atoms with Crippen LogP contribution in [0.15, 0.2) is 0 Å². The van der Waals surface area contributed by atoms with Crippen molar-refractivity contribution in [2.45, 2.75) is 24.9 Å². The number of rotatable bonds is 7. The first kappa shape index (κ1) is 16.1. The zero-order valence-corrected chi connectivity index (χ0v) is 13.1. The monoisotopic (exact) mass is 316 g/mol. The van der Waals surface area contributed by atoms with Crippen LogP contribution in [-0.2, 0) is 23.9 Å². The highest BCUT2D eigenvalue weighted by Gasteiger charge is 2.48. The fraction of sp³-hybridized carbons (Fsp3) is 0.769. The number of thioether (sulfide) groups is 1. The number of ether oxygens (including phenoxy) is 2. The van der Waals surface area contributed by atoms with Crippen LogP contribution in [0.25, 0.3) is 0 Å². The number of methoxy groups -OCH3 is 2. The molecule has 1 amide bonds. The van der Waals surface area contributed by atoms with Gasteiger partial charge in [-0.2, -0.15) is 0 Å². The summed E-state index contributed by atoms with van der Waals surface area (Å²) >= 11 is 1.51. The highest BCUT2D eigenvalue weighted by Crippen LogP contribution is 2.26. The Balaban J connectivity index is 1.82. The Kier molecular flexibility index (Phi) is 5.46. The molecule has 0 aromatic carbocycles. The summed E-state index contributed by atoms with van der Waals surface area (Å²) in [4.78, 5) is 38.3. The van der Waals surface area contributed by atoms with E-state index in [1.807, 2.05) is 0 Å². The highest BCUT2D eigenvalue weighted by atomic mass is 32.2. The van der Waals surface area contributed by atoms with Gasteiger partial charge in [0.1, 0.15) is 12.1 Å². The summed E-state index contributed by atoms with van der Waals surface area (Å²) in [5.74, 6) is 0.536. The molecule has 2 aliphatic rings. The molecular weight excluding hydrogens is 296 g/mol. The molecule has 8 heteroatoms. The van der Waals surface area contributed by atoms with Gasteiger partial charge in [0.25, 0.3) is 0 Å². The van der Waals surface area contributed by atoms with Crippen LogP contribution in [0.1, 0.15) is 12.8 Å². The minimum absolute atomic E-state index is 0.163. The number of nitrogens with zero attached hydrogens (tertiary/aromatic N) is 2. The standard InChI is InChI=1S/C13H20N2O5S/c1-19-12(17)9-6-15(9)10(13(18)20-2)7-21-8-14-5-3-4-11(14)16/h9-10H,3-8H2,1-2H3. The third-order valence-electron chi connectivity index (χ3n) is 3.69. The molecule has 3 unspecified atom stereocenters. The van der Waals surface area contributed by atoms with Gasteiger partial charge in [0.15, 0.2) is 0 Å². The molecular formula is C13H20N2O5S. The molecule has 0 aromatic rings. The minimum Gasteiger partial charge on any atom is -0.468 e. The van der Waals surface area contributed by atoms with E-state index in [0.717, 1.165) is 13.0 Å². The molecule has 0 spiro atoms. The Labute approximate surface area is 127 Å². The SMILES string of the molecule is COC(=O)C(CSCN1CCCC1=O)N1CC1C(=O)OC. The van der Waals surface area contributed by atoms with Crippen LogP contribution in [0, 0.1) is 0 Å². The summed E-state index contributed by atoms with van der Waals surface area (Å²) in [6.45, 7) is 1.29. The minimum atomic E-state index is -0.471. The van der Waals surface area contributed by atoms with Crippen LogP contribution in [0.2, 0.25) is 0 Å². The predicted octanol–water partition coefficient (Wildman–Crippen LogP) is -0.302. The van der Waals surface area contributed by atoms with Crippen molar-refractivity contribution in [2.24, 2.45) is 0 Å². The summed E-state index contributed by atoms with van der Waals surface area (Å²) in [5, 5.41) is 0. The summed E-state index contributed by atoms with van der Waals surface area (Å²) in [5.41, 5.74) is 0. The summed E-state index contributed by atoms with van der Waals surface area (Å²) in [6, 6.07) is -0.824. The van der Waals surface area contributed by atoms with Gasteiger partial charge in [-0.05, 0) is 6.42 Å². The molecule has 0 aromatic heterocycles. The van der Waals surface area contributed by atoms with Crippen LogP contribution in [-0.4, -0.2) is 78.7 Å². The Morgan fingerprint density at radius 3 is 2.71 bits per heavy atom. The molecule has 21 heavy (non-hydrogen) atoms. The van der Waals surface area contributed by atoms with Gasteiger partial charge in [-0.3, -0.25) is 19.3 Å². The first-order chi connectivity index (χ1) is 10.1. The molecule has 0 saturated carbocycles. The quantitative estimate of drug-likeness (QED) is 0.471. The van der Waals surface area contributed by atoms with Gasteiger partial charge < -0.3 is 14.4 Å². The van der Waals surface area contributed by atoms with E-state index in [-0.39, 0.29) is 23.9 Å². The number of hydrogen-bond acceptors (Lipinski definition) is 7. The number of carbonyl (C=O) groups is 3. The molecule has 0 N–H and O–H groups in total. The normalized spacial score (nSPS) is 25.6. The zero-order valence-electron chi connectivity index (χ0n) is 12.2. The van der Waals surface area contributed by atoms with Gasteiger partial charge in [0, 0.05) is 25.3 Å². The van der Waals surface area contributed by atoms with Crippen molar-refractivity contribution in [3.05, 3.63) is 0 Å². The van der Waals surface area contributed by atoms with Crippen LogP contribution in [0.5, 0.6) is 0 Å². The zero-order chi connectivity index (χ0) is 15.4. The van der Waals surface area contributed by atoms with E-state index in [1.165, 1.54) is 26.0 Å². The number of likely N-dealkylation sites (tertiary alicyclic amines) is 1. The molecule has 0 radical (unpaired) electrons. The Morgan fingerprint density at radius 1 is 1.38 bits per heavy atom. The van der Waals surface area contributed by atoms with E-state index in [4.69, 9.17) is 4.74 Å². The van der Waals surface area contributed by atoms with Crippen molar-refractivity contribution < 1.29 is 23.9 Å². The highest BCUT2D eigenvalue weighted by molar-refractivity contribution is 7.99. The van der Waals surface area contributed by atoms with Crippen molar-refractivity contribution in [3.63, 3.8) is 0 Å². The van der Waals surface area contributed by atoms with Gasteiger partial charge in [0.05, 0.1) is 20.1 Å². The topological polar surface area (TPSA) is 75.9 Å². The van der Waals surface area contributed by atoms with Crippen LogP contribution >= 0.6 is 11.8 Å². The maximum Gasteiger partial charge on any atom is 0.324 e. The Hall–Kier alpha value is -1.28. The lowest BCUT2D eigenvalue weighted by Gasteiger charge is -2.19. The van der Waals surface area contributed by atoms with E-state index in [2.05, 4.69) is 4.74 Å². The lowest BCUT2D eigenvalue weighted by molar-refractivity contribution is -0.145.